The summed E-state index contributed by atoms with van der Waals surface area (Å²) in [5, 5.41) is 3.11. The van der Waals surface area contributed by atoms with Crippen molar-refractivity contribution >= 4 is 22.4 Å². The van der Waals surface area contributed by atoms with Crippen molar-refractivity contribution in [1.82, 2.24) is 10.0 Å². The standard InChI is InChI=1S/C8H17FN2O2S.ClH/c9-4-2-6-14(12,13)11-8-3-1-5-10-7-8;/h8,10-11H,1-7H2;1H. The Morgan fingerprint density at radius 2 is 2.20 bits per heavy atom. The summed E-state index contributed by atoms with van der Waals surface area (Å²) in [5.74, 6) is -0.111. The number of nitrogens with one attached hydrogen (secondary N) is 2. The van der Waals surface area contributed by atoms with Crippen molar-refractivity contribution in [1.29, 1.82) is 0 Å². The molecule has 4 nitrogen and oxygen atoms in total. The number of alkyl halides is 1. The van der Waals surface area contributed by atoms with Gasteiger partial charge < -0.3 is 5.32 Å². The molecule has 2 N–H and O–H groups in total. The first-order valence-corrected chi connectivity index (χ1v) is 6.56. The van der Waals surface area contributed by atoms with Gasteiger partial charge in [-0.05, 0) is 25.8 Å². The molecule has 1 atom stereocenters. The Hall–Kier alpha value is 0.0900. The van der Waals surface area contributed by atoms with Gasteiger partial charge in [0.25, 0.3) is 0 Å². The first-order chi connectivity index (χ1) is 6.64. The Labute approximate surface area is 96.5 Å². The lowest BCUT2D eigenvalue weighted by Crippen LogP contribution is -2.46. The molecule has 1 aliphatic rings. The van der Waals surface area contributed by atoms with Crippen LogP contribution >= 0.6 is 12.4 Å². The van der Waals surface area contributed by atoms with Crippen molar-refractivity contribution in [2.24, 2.45) is 0 Å². The van der Waals surface area contributed by atoms with E-state index in [4.69, 9.17) is 0 Å². The van der Waals surface area contributed by atoms with Crippen LogP contribution in [0.2, 0.25) is 0 Å². The fourth-order valence-corrected chi connectivity index (χ4v) is 2.83. The van der Waals surface area contributed by atoms with Crippen LogP contribution in [0.5, 0.6) is 0 Å². The van der Waals surface area contributed by atoms with E-state index in [1.54, 1.807) is 0 Å². The van der Waals surface area contributed by atoms with E-state index in [2.05, 4.69) is 10.0 Å². The van der Waals surface area contributed by atoms with Crippen molar-refractivity contribution in [2.45, 2.75) is 25.3 Å². The smallest absolute Gasteiger partial charge is 0.211 e. The summed E-state index contributed by atoms with van der Waals surface area (Å²) in [6.07, 6.45) is 1.92. The van der Waals surface area contributed by atoms with E-state index < -0.39 is 16.7 Å². The monoisotopic (exact) mass is 260 g/mol. The Bertz CT molecular complexity index is 255. The number of halogens is 2. The number of sulfonamides is 1. The Kier molecular flexibility index (Phi) is 7.42. The summed E-state index contributed by atoms with van der Waals surface area (Å²) >= 11 is 0. The molecule has 0 saturated carbocycles. The average Bonchev–Trinajstić information content (AvgIpc) is 2.16. The van der Waals surface area contributed by atoms with Gasteiger partial charge in [0.05, 0.1) is 12.4 Å². The molecule has 0 aromatic heterocycles. The van der Waals surface area contributed by atoms with E-state index in [9.17, 15) is 12.8 Å². The fraction of sp³-hybridized carbons (Fsp3) is 1.00. The van der Waals surface area contributed by atoms with Gasteiger partial charge in [0.15, 0.2) is 0 Å². The molecule has 0 aromatic rings. The lowest BCUT2D eigenvalue weighted by atomic mass is 10.1. The highest BCUT2D eigenvalue weighted by atomic mass is 35.5. The quantitative estimate of drug-likeness (QED) is 0.754. The van der Waals surface area contributed by atoms with Gasteiger partial charge in [0, 0.05) is 12.6 Å². The molecule has 1 unspecified atom stereocenters. The maximum absolute atomic E-state index is 11.8. The molecule has 0 aromatic carbocycles. The van der Waals surface area contributed by atoms with Crippen molar-refractivity contribution in [3.8, 4) is 0 Å². The maximum atomic E-state index is 11.8. The molecule has 1 saturated heterocycles. The zero-order valence-corrected chi connectivity index (χ0v) is 10.2. The van der Waals surface area contributed by atoms with E-state index in [0.717, 1.165) is 19.4 Å². The normalized spacial score (nSPS) is 22.1. The largest absolute Gasteiger partial charge is 0.315 e. The van der Waals surface area contributed by atoms with Gasteiger partial charge in [-0.15, -0.1) is 12.4 Å². The van der Waals surface area contributed by atoms with Gasteiger partial charge in [-0.1, -0.05) is 0 Å². The minimum Gasteiger partial charge on any atom is -0.315 e. The molecule has 1 fully saturated rings. The van der Waals surface area contributed by atoms with Crippen LogP contribution in [0.25, 0.3) is 0 Å². The minimum atomic E-state index is -3.27. The molecule has 0 radical (unpaired) electrons. The van der Waals surface area contributed by atoms with Crippen molar-refractivity contribution in [2.75, 3.05) is 25.5 Å². The lowest BCUT2D eigenvalue weighted by molar-refractivity contribution is 0.426. The minimum absolute atomic E-state index is 0. The molecule has 15 heavy (non-hydrogen) atoms. The Morgan fingerprint density at radius 1 is 1.47 bits per heavy atom. The molecule has 1 aliphatic heterocycles. The summed E-state index contributed by atoms with van der Waals surface area (Å²) < 4.78 is 37.1. The second kappa shape index (κ2) is 7.38. The van der Waals surface area contributed by atoms with E-state index in [1.807, 2.05) is 0 Å². The van der Waals surface area contributed by atoms with Crippen molar-refractivity contribution in [3.05, 3.63) is 0 Å². The zero-order chi connectivity index (χ0) is 10.4. The number of hydrogen-bond acceptors (Lipinski definition) is 3. The molecule has 92 valence electrons. The van der Waals surface area contributed by atoms with E-state index in [0.29, 0.717) is 6.54 Å². The fourth-order valence-electron chi connectivity index (χ4n) is 1.51. The van der Waals surface area contributed by atoms with Gasteiger partial charge in [0.1, 0.15) is 0 Å². The maximum Gasteiger partial charge on any atom is 0.211 e. The first-order valence-electron chi connectivity index (χ1n) is 4.91. The van der Waals surface area contributed by atoms with E-state index in [-0.39, 0.29) is 30.6 Å². The highest BCUT2D eigenvalue weighted by Gasteiger charge is 2.19. The average molecular weight is 261 g/mol. The summed E-state index contributed by atoms with van der Waals surface area (Å²) in [5.41, 5.74) is 0. The lowest BCUT2D eigenvalue weighted by Gasteiger charge is -2.23. The van der Waals surface area contributed by atoms with Crippen molar-refractivity contribution < 1.29 is 12.8 Å². The predicted octanol–water partition coefficient (Wildman–Crippen LogP) is 0.439. The number of rotatable bonds is 5. The van der Waals surface area contributed by atoms with Gasteiger partial charge in [-0.3, -0.25) is 4.39 Å². The van der Waals surface area contributed by atoms with Gasteiger partial charge in [-0.2, -0.15) is 0 Å². The van der Waals surface area contributed by atoms with Gasteiger partial charge in [-0.25, -0.2) is 13.1 Å². The Morgan fingerprint density at radius 3 is 2.73 bits per heavy atom. The van der Waals surface area contributed by atoms with Crippen LogP contribution in [-0.2, 0) is 10.0 Å². The van der Waals surface area contributed by atoms with Crippen LogP contribution in [0.4, 0.5) is 4.39 Å². The second-order valence-electron chi connectivity index (χ2n) is 3.52. The van der Waals surface area contributed by atoms with Crippen LogP contribution < -0.4 is 10.0 Å². The van der Waals surface area contributed by atoms with Crippen LogP contribution in [-0.4, -0.2) is 40.0 Å². The third-order valence-electron chi connectivity index (χ3n) is 2.19. The van der Waals surface area contributed by atoms with E-state index in [1.165, 1.54) is 0 Å². The molecular formula is C8H18ClFN2O2S. The van der Waals surface area contributed by atoms with Crippen LogP contribution in [0.15, 0.2) is 0 Å². The number of hydrogen-bond donors (Lipinski definition) is 2. The molecule has 0 amide bonds. The van der Waals surface area contributed by atoms with Gasteiger partial charge >= 0.3 is 0 Å². The predicted molar refractivity (Wildman–Crippen MR) is 60.7 cm³/mol. The highest BCUT2D eigenvalue weighted by Crippen LogP contribution is 2.03. The van der Waals surface area contributed by atoms with E-state index >= 15 is 0 Å². The van der Waals surface area contributed by atoms with Gasteiger partial charge in [0.2, 0.25) is 10.0 Å². The summed E-state index contributed by atoms with van der Waals surface area (Å²) in [4.78, 5) is 0. The zero-order valence-electron chi connectivity index (χ0n) is 8.54. The van der Waals surface area contributed by atoms with Crippen LogP contribution in [0.3, 0.4) is 0 Å². The molecule has 1 rings (SSSR count). The first kappa shape index (κ1) is 15.1. The molecule has 0 aliphatic carbocycles. The molecule has 0 bridgehead atoms. The van der Waals surface area contributed by atoms with Crippen molar-refractivity contribution in [3.63, 3.8) is 0 Å². The second-order valence-corrected chi connectivity index (χ2v) is 5.40. The Balaban J connectivity index is 0.00000196. The topological polar surface area (TPSA) is 58.2 Å². The third kappa shape index (κ3) is 6.29. The number of piperidine rings is 1. The SMILES string of the molecule is Cl.O=S(=O)(CCCF)NC1CCCNC1. The van der Waals surface area contributed by atoms with Crippen LogP contribution in [0, 0.1) is 0 Å². The molecular weight excluding hydrogens is 243 g/mol. The summed E-state index contributed by atoms with van der Waals surface area (Å²) in [7, 11) is -3.27. The summed E-state index contributed by atoms with van der Waals surface area (Å²) in [6, 6.07) is -0.0200. The molecule has 1 heterocycles. The summed E-state index contributed by atoms with van der Waals surface area (Å²) in [6.45, 7) is 1.04. The molecule has 0 spiro atoms. The van der Waals surface area contributed by atoms with Crippen LogP contribution in [0.1, 0.15) is 19.3 Å². The highest BCUT2D eigenvalue weighted by molar-refractivity contribution is 7.89. The molecule has 7 heteroatoms. The third-order valence-corrected chi connectivity index (χ3v) is 3.71.